The van der Waals surface area contributed by atoms with Crippen molar-refractivity contribution in [2.45, 2.75) is 6.54 Å². The number of aromatic nitrogens is 3. The lowest BCUT2D eigenvalue weighted by molar-refractivity contribution is 0.397. The van der Waals surface area contributed by atoms with Crippen molar-refractivity contribution in [2.24, 2.45) is 5.73 Å². The fourth-order valence-electron chi connectivity index (χ4n) is 1.40. The van der Waals surface area contributed by atoms with Gasteiger partial charge in [0.2, 0.25) is 5.88 Å². The molecule has 0 aliphatic rings. The summed E-state index contributed by atoms with van der Waals surface area (Å²) in [5.74, 6) is 0.485. The molecule has 5 heteroatoms. The zero-order valence-corrected chi connectivity index (χ0v) is 8.92. The SMILES string of the molecule is COc1nccnc1-c1cncc(CN)c1. The van der Waals surface area contributed by atoms with Crippen LogP contribution in [0.15, 0.2) is 30.9 Å². The first-order chi connectivity index (χ1) is 7.85. The van der Waals surface area contributed by atoms with E-state index in [0.717, 1.165) is 11.1 Å². The van der Waals surface area contributed by atoms with Gasteiger partial charge < -0.3 is 10.5 Å². The number of hydrogen-bond acceptors (Lipinski definition) is 5. The van der Waals surface area contributed by atoms with Gasteiger partial charge in [-0.3, -0.25) is 4.98 Å². The molecule has 5 nitrogen and oxygen atoms in total. The van der Waals surface area contributed by atoms with Crippen molar-refractivity contribution in [1.29, 1.82) is 0 Å². The highest BCUT2D eigenvalue weighted by Gasteiger charge is 2.08. The zero-order chi connectivity index (χ0) is 11.4. The van der Waals surface area contributed by atoms with Gasteiger partial charge in [0.25, 0.3) is 0 Å². The summed E-state index contributed by atoms with van der Waals surface area (Å²) in [5, 5.41) is 0. The summed E-state index contributed by atoms with van der Waals surface area (Å²) in [6.07, 6.45) is 6.65. The molecule has 0 saturated carbocycles. The molecule has 82 valence electrons. The average Bonchev–Trinajstić information content (AvgIpc) is 2.38. The molecule has 0 bridgehead atoms. The molecule has 0 aromatic carbocycles. The van der Waals surface area contributed by atoms with Gasteiger partial charge in [0.05, 0.1) is 7.11 Å². The van der Waals surface area contributed by atoms with Crippen LogP contribution in [0.4, 0.5) is 0 Å². The number of nitrogens with zero attached hydrogens (tertiary/aromatic N) is 3. The Kier molecular flexibility index (Phi) is 3.07. The summed E-state index contributed by atoms with van der Waals surface area (Å²) in [7, 11) is 1.56. The molecular formula is C11H12N4O. The van der Waals surface area contributed by atoms with Gasteiger partial charge >= 0.3 is 0 Å². The van der Waals surface area contributed by atoms with Crippen LogP contribution in [0.2, 0.25) is 0 Å². The van der Waals surface area contributed by atoms with Crippen molar-refractivity contribution in [2.75, 3.05) is 7.11 Å². The Morgan fingerprint density at radius 1 is 1.25 bits per heavy atom. The van der Waals surface area contributed by atoms with Crippen LogP contribution in [-0.4, -0.2) is 22.1 Å². The Morgan fingerprint density at radius 3 is 2.81 bits per heavy atom. The van der Waals surface area contributed by atoms with Crippen molar-refractivity contribution in [3.8, 4) is 17.1 Å². The average molecular weight is 216 g/mol. The molecule has 0 aliphatic heterocycles. The molecular weight excluding hydrogens is 204 g/mol. The van der Waals surface area contributed by atoms with Crippen molar-refractivity contribution in [3.05, 3.63) is 36.4 Å². The fraction of sp³-hybridized carbons (Fsp3) is 0.182. The third-order valence-corrected chi connectivity index (χ3v) is 2.16. The van der Waals surface area contributed by atoms with E-state index < -0.39 is 0 Å². The van der Waals surface area contributed by atoms with Gasteiger partial charge in [-0.15, -0.1) is 0 Å². The van der Waals surface area contributed by atoms with E-state index >= 15 is 0 Å². The zero-order valence-electron chi connectivity index (χ0n) is 8.92. The smallest absolute Gasteiger partial charge is 0.240 e. The molecule has 2 aromatic rings. The Balaban J connectivity index is 2.49. The molecule has 0 radical (unpaired) electrons. The highest BCUT2D eigenvalue weighted by atomic mass is 16.5. The van der Waals surface area contributed by atoms with E-state index in [4.69, 9.17) is 10.5 Å². The number of rotatable bonds is 3. The molecule has 0 fully saturated rings. The maximum atomic E-state index is 5.56. The third-order valence-electron chi connectivity index (χ3n) is 2.16. The summed E-state index contributed by atoms with van der Waals surface area (Å²) in [4.78, 5) is 12.4. The Morgan fingerprint density at radius 2 is 2.06 bits per heavy atom. The molecule has 2 aromatic heterocycles. The highest BCUT2D eigenvalue weighted by molar-refractivity contribution is 5.63. The molecule has 0 unspecified atom stereocenters. The molecule has 0 amide bonds. The number of pyridine rings is 1. The van der Waals surface area contributed by atoms with Gasteiger partial charge in [-0.25, -0.2) is 9.97 Å². The van der Waals surface area contributed by atoms with E-state index in [1.165, 1.54) is 0 Å². The molecule has 0 aliphatic carbocycles. The van der Waals surface area contributed by atoms with Crippen LogP contribution in [0.25, 0.3) is 11.3 Å². The minimum atomic E-state index is 0.448. The summed E-state index contributed by atoms with van der Waals surface area (Å²) in [5.41, 5.74) is 8.04. The molecule has 0 saturated heterocycles. The second kappa shape index (κ2) is 4.67. The molecule has 16 heavy (non-hydrogen) atoms. The summed E-state index contributed by atoms with van der Waals surface area (Å²) < 4.78 is 5.14. The molecule has 0 atom stereocenters. The van der Waals surface area contributed by atoms with Crippen LogP contribution in [0.3, 0.4) is 0 Å². The summed E-state index contributed by atoms with van der Waals surface area (Å²) >= 11 is 0. The molecule has 2 N–H and O–H groups in total. The van der Waals surface area contributed by atoms with Gasteiger partial charge in [0, 0.05) is 36.9 Å². The van der Waals surface area contributed by atoms with Crippen molar-refractivity contribution >= 4 is 0 Å². The van der Waals surface area contributed by atoms with E-state index in [1.807, 2.05) is 6.07 Å². The fourth-order valence-corrected chi connectivity index (χ4v) is 1.40. The largest absolute Gasteiger partial charge is 0.479 e. The standard InChI is InChI=1S/C11H12N4O/c1-16-11-10(14-2-3-15-11)9-4-8(5-12)6-13-7-9/h2-4,6-7H,5,12H2,1H3. The van der Waals surface area contributed by atoms with Crippen molar-refractivity contribution in [3.63, 3.8) is 0 Å². The van der Waals surface area contributed by atoms with E-state index in [2.05, 4.69) is 15.0 Å². The molecule has 2 rings (SSSR count). The van der Waals surface area contributed by atoms with Crippen molar-refractivity contribution < 1.29 is 4.74 Å². The predicted octanol–water partition coefficient (Wildman–Crippen LogP) is 1.01. The minimum Gasteiger partial charge on any atom is -0.479 e. The monoisotopic (exact) mass is 216 g/mol. The van der Waals surface area contributed by atoms with Crippen LogP contribution < -0.4 is 10.5 Å². The first-order valence-electron chi connectivity index (χ1n) is 4.84. The van der Waals surface area contributed by atoms with Crippen LogP contribution in [0.5, 0.6) is 5.88 Å². The molecule has 0 spiro atoms. The predicted molar refractivity (Wildman–Crippen MR) is 59.7 cm³/mol. The lowest BCUT2D eigenvalue weighted by Gasteiger charge is -2.06. The number of methoxy groups -OCH3 is 1. The summed E-state index contributed by atoms with van der Waals surface area (Å²) in [6.45, 7) is 0.448. The van der Waals surface area contributed by atoms with Crippen LogP contribution in [0.1, 0.15) is 5.56 Å². The maximum absolute atomic E-state index is 5.56. The van der Waals surface area contributed by atoms with Crippen LogP contribution in [0, 0.1) is 0 Å². The van der Waals surface area contributed by atoms with Crippen LogP contribution in [-0.2, 0) is 6.54 Å². The van der Waals surface area contributed by atoms with Gasteiger partial charge in [-0.1, -0.05) is 0 Å². The van der Waals surface area contributed by atoms with Gasteiger partial charge in [0.15, 0.2) is 0 Å². The van der Waals surface area contributed by atoms with Gasteiger partial charge in [-0.2, -0.15) is 0 Å². The van der Waals surface area contributed by atoms with E-state index in [9.17, 15) is 0 Å². The number of nitrogens with two attached hydrogens (primary N) is 1. The van der Waals surface area contributed by atoms with Gasteiger partial charge in [-0.05, 0) is 11.6 Å². The third kappa shape index (κ3) is 1.99. The molecule has 2 heterocycles. The van der Waals surface area contributed by atoms with E-state index in [1.54, 1.807) is 31.9 Å². The first kappa shape index (κ1) is 10.5. The van der Waals surface area contributed by atoms with Crippen LogP contribution >= 0.6 is 0 Å². The Hall–Kier alpha value is -2.01. The summed E-state index contributed by atoms with van der Waals surface area (Å²) in [6, 6.07) is 1.93. The second-order valence-corrected chi connectivity index (χ2v) is 3.20. The van der Waals surface area contributed by atoms with E-state index in [0.29, 0.717) is 18.1 Å². The second-order valence-electron chi connectivity index (χ2n) is 3.20. The van der Waals surface area contributed by atoms with Crippen molar-refractivity contribution in [1.82, 2.24) is 15.0 Å². The number of hydrogen-bond donors (Lipinski definition) is 1. The van der Waals surface area contributed by atoms with Gasteiger partial charge in [0.1, 0.15) is 5.69 Å². The maximum Gasteiger partial charge on any atom is 0.240 e. The lowest BCUT2D eigenvalue weighted by atomic mass is 10.1. The quantitative estimate of drug-likeness (QED) is 0.828. The highest BCUT2D eigenvalue weighted by Crippen LogP contribution is 2.24. The number of ether oxygens (including phenoxy) is 1. The lowest BCUT2D eigenvalue weighted by Crippen LogP contribution is -1.99. The normalized spacial score (nSPS) is 10.1. The Labute approximate surface area is 93.3 Å². The van der Waals surface area contributed by atoms with E-state index in [-0.39, 0.29) is 0 Å². The topological polar surface area (TPSA) is 73.9 Å². The first-order valence-corrected chi connectivity index (χ1v) is 4.84. The Bertz CT molecular complexity index is 487. The minimum absolute atomic E-state index is 0.448.